The zero-order valence-corrected chi connectivity index (χ0v) is 40.0. The number of hydrogen-bond acceptors (Lipinski definition) is 4. The molecule has 0 saturated heterocycles. The molecular formula is C65H58N2O2. The van der Waals surface area contributed by atoms with E-state index in [1.54, 1.807) is 0 Å². The number of hydrogen-bond donors (Lipinski definition) is 0. The largest absolute Gasteiger partial charge is 0.459 e. The molecule has 0 atom stereocenters. The number of furan rings is 1. The average Bonchev–Trinajstić information content (AvgIpc) is 3.79. The summed E-state index contributed by atoms with van der Waals surface area (Å²) in [6.45, 7) is 6.64. The van der Waals surface area contributed by atoms with Crippen molar-refractivity contribution in [2.75, 3.05) is 9.80 Å². The summed E-state index contributed by atoms with van der Waals surface area (Å²) in [5, 5.41) is 9.59. The van der Waals surface area contributed by atoms with Crippen LogP contribution < -0.4 is 14.5 Å². The number of aryl methyl sites for hydroxylation is 1. The van der Waals surface area contributed by atoms with Gasteiger partial charge in [0, 0.05) is 44.9 Å². The second-order valence-electron chi connectivity index (χ2n) is 19.2. The average molecular weight is 899 g/mol. The third-order valence-corrected chi connectivity index (χ3v) is 15.0. The minimum Gasteiger partial charge on any atom is -0.459 e. The molecule has 2 heterocycles. The lowest BCUT2D eigenvalue weighted by molar-refractivity contribution is 0.389. The van der Waals surface area contributed by atoms with Gasteiger partial charge in [-0.05, 0) is 126 Å². The van der Waals surface area contributed by atoms with Crippen LogP contribution in [0.3, 0.4) is 0 Å². The van der Waals surface area contributed by atoms with Crippen molar-refractivity contribution >= 4 is 88.3 Å². The molecule has 2 aliphatic rings. The first-order chi connectivity index (χ1) is 34.1. The van der Waals surface area contributed by atoms with E-state index in [9.17, 15) is 0 Å². The quantitative estimate of drug-likeness (QED) is 0.128. The van der Waals surface area contributed by atoms with Crippen molar-refractivity contribution in [2.45, 2.75) is 84.5 Å². The molecule has 12 rings (SSSR count). The second kappa shape index (κ2) is 18.2. The van der Waals surface area contributed by atoms with Crippen LogP contribution in [0, 0.1) is 0 Å². The van der Waals surface area contributed by atoms with Crippen molar-refractivity contribution in [1.29, 1.82) is 0 Å². The number of para-hydroxylation sites is 5. The summed E-state index contributed by atoms with van der Waals surface area (Å²) in [6.07, 6.45) is 17.0. The number of ether oxygens (including phenoxy) is 1. The van der Waals surface area contributed by atoms with E-state index in [0.29, 0.717) is 12.3 Å². The molecule has 1 aromatic heterocycles. The van der Waals surface area contributed by atoms with Crippen molar-refractivity contribution in [3.8, 4) is 5.75 Å². The minimum absolute atomic E-state index is 0.497. The van der Waals surface area contributed by atoms with Gasteiger partial charge in [0.25, 0.3) is 0 Å². The molecule has 0 radical (unpaired) electrons. The lowest BCUT2D eigenvalue weighted by atomic mass is 9.82. The summed E-state index contributed by atoms with van der Waals surface area (Å²) in [7, 11) is 0. The minimum atomic E-state index is 0.497. The Kier molecular flexibility index (Phi) is 11.3. The van der Waals surface area contributed by atoms with Gasteiger partial charge in [-0.3, -0.25) is 0 Å². The van der Waals surface area contributed by atoms with Gasteiger partial charge in [-0.2, -0.15) is 0 Å². The highest BCUT2D eigenvalue weighted by molar-refractivity contribution is 6.28. The maximum Gasteiger partial charge on any atom is 0.159 e. The topological polar surface area (TPSA) is 28.9 Å². The molecule has 1 saturated carbocycles. The molecule has 4 nitrogen and oxygen atoms in total. The molecule has 0 spiro atoms. The van der Waals surface area contributed by atoms with Gasteiger partial charge in [-0.1, -0.05) is 172 Å². The number of rotatable bonds is 10. The molecule has 0 bridgehead atoms. The van der Waals surface area contributed by atoms with Gasteiger partial charge in [-0.25, -0.2) is 0 Å². The molecule has 0 unspecified atom stereocenters. The molecule has 10 aromatic rings. The summed E-state index contributed by atoms with van der Waals surface area (Å²) in [4.78, 5) is 4.87. The summed E-state index contributed by atoms with van der Waals surface area (Å²) < 4.78 is 14.4. The highest BCUT2D eigenvalue weighted by atomic mass is 16.5. The lowest BCUT2D eigenvalue weighted by Gasteiger charge is -2.32. The smallest absolute Gasteiger partial charge is 0.159 e. The predicted molar refractivity (Wildman–Crippen MR) is 292 cm³/mol. The Labute approximate surface area is 405 Å². The summed E-state index contributed by atoms with van der Waals surface area (Å²) in [5.74, 6) is 2.42. The molecule has 1 aliphatic carbocycles. The van der Waals surface area contributed by atoms with Crippen molar-refractivity contribution in [3.63, 3.8) is 0 Å². The van der Waals surface area contributed by atoms with Gasteiger partial charge < -0.3 is 19.0 Å². The Morgan fingerprint density at radius 3 is 1.87 bits per heavy atom. The van der Waals surface area contributed by atoms with Crippen molar-refractivity contribution < 1.29 is 9.15 Å². The molecule has 340 valence electrons. The van der Waals surface area contributed by atoms with Crippen molar-refractivity contribution in [2.24, 2.45) is 0 Å². The number of anilines is 5. The fourth-order valence-electron chi connectivity index (χ4n) is 11.6. The second-order valence-corrected chi connectivity index (χ2v) is 19.2. The number of unbranched alkanes of at least 4 members (excludes halogenated alkanes) is 1. The van der Waals surface area contributed by atoms with Crippen molar-refractivity contribution in [3.05, 3.63) is 210 Å². The highest BCUT2D eigenvalue weighted by Gasteiger charge is 2.28. The third kappa shape index (κ3) is 7.54. The van der Waals surface area contributed by atoms with E-state index in [1.165, 1.54) is 92.1 Å². The van der Waals surface area contributed by atoms with Gasteiger partial charge in [0.2, 0.25) is 0 Å². The number of nitrogens with zero attached hydrogens (tertiary/aromatic N) is 2. The number of benzene rings is 9. The van der Waals surface area contributed by atoms with E-state index in [0.717, 1.165) is 81.5 Å². The van der Waals surface area contributed by atoms with Crippen LogP contribution in [-0.4, -0.2) is 0 Å². The van der Waals surface area contributed by atoms with Crippen LogP contribution in [0.4, 0.5) is 28.4 Å². The zero-order chi connectivity index (χ0) is 46.4. The summed E-state index contributed by atoms with van der Waals surface area (Å²) in [5.41, 5.74) is 13.4. The lowest BCUT2D eigenvalue weighted by Crippen LogP contribution is -2.20. The van der Waals surface area contributed by atoms with Crippen LogP contribution in [-0.2, 0) is 6.42 Å². The van der Waals surface area contributed by atoms with E-state index in [2.05, 4.69) is 213 Å². The Bertz CT molecular complexity index is 3610. The highest BCUT2D eigenvalue weighted by Crippen LogP contribution is 2.50. The molecule has 0 N–H and O–H groups in total. The van der Waals surface area contributed by atoms with Gasteiger partial charge >= 0.3 is 0 Å². The fourth-order valence-corrected chi connectivity index (χ4v) is 11.6. The Balaban J connectivity index is 1.06. The van der Waals surface area contributed by atoms with E-state index >= 15 is 0 Å². The maximum atomic E-state index is 7.34. The molecule has 1 aliphatic heterocycles. The van der Waals surface area contributed by atoms with Gasteiger partial charge in [-0.15, -0.1) is 0 Å². The SMILES string of the molecule is CCCCc1cccc2c1oc1c(N(c3ccccc3)c3ccc4ccc5c(N(/C6=C(/C)Oc7c(cccc7C7CCCCC7)/C(C)=C/C=CC6)c6ccccc6)ccc6ccc3c4c65)cccc12. The van der Waals surface area contributed by atoms with Crippen LogP contribution >= 0.6 is 0 Å². The monoisotopic (exact) mass is 898 g/mol. The molecule has 69 heavy (non-hydrogen) atoms. The first-order valence-corrected chi connectivity index (χ1v) is 25.2. The zero-order valence-electron chi connectivity index (χ0n) is 40.0. The van der Waals surface area contributed by atoms with Crippen LogP contribution in [0.1, 0.15) is 94.7 Å². The maximum absolute atomic E-state index is 7.34. The molecular weight excluding hydrogens is 841 g/mol. The normalized spacial score (nSPS) is 16.5. The van der Waals surface area contributed by atoms with Gasteiger partial charge in [0.1, 0.15) is 17.1 Å². The molecule has 9 aromatic carbocycles. The van der Waals surface area contributed by atoms with Gasteiger partial charge in [0.05, 0.1) is 22.8 Å². The Hall–Kier alpha value is -7.56. The summed E-state index contributed by atoms with van der Waals surface area (Å²) >= 11 is 0. The van der Waals surface area contributed by atoms with E-state index in [1.807, 2.05) is 0 Å². The summed E-state index contributed by atoms with van der Waals surface area (Å²) in [6, 6.07) is 60.2. The van der Waals surface area contributed by atoms with Crippen LogP contribution in [0.2, 0.25) is 0 Å². The standard InChI is InChI=1S/C65H58N2O2/c1-4-5-21-48-24-17-31-53-54-32-19-34-60(65(54)69-63(48)53)67(50-27-13-8-14-28-50)59-42-38-47-35-39-55-58(41-37-46-36-40-56(59)62(47)61(46)55)66(49-25-11-7-12-26-49)57-33-16-15-20-43(2)51-29-18-30-52(64(51)68-44(57)3)45-22-9-6-10-23-45/h7-8,11-20,24-32,34-42,45H,4-6,9-10,21-23,33H2,1-3H3/b16-15?,43-20+,57-44-. The Morgan fingerprint density at radius 2 is 1.17 bits per heavy atom. The third-order valence-electron chi connectivity index (χ3n) is 15.0. The fraction of sp³-hybridized carbons (Fsp3) is 0.200. The molecule has 0 amide bonds. The predicted octanol–water partition coefficient (Wildman–Crippen LogP) is 19.2. The van der Waals surface area contributed by atoms with E-state index < -0.39 is 0 Å². The molecule has 4 heteroatoms. The van der Waals surface area contributed by atoms with Crippen LogP contribution in [0.25, 0.3) is 59.8 Å². The van der Waals surface area contributed by atoms with Crippen molar-refractivity contribution in [1.82, 2.24) is 0 Å². The number of allylic oxidation sites excluding steroid dienone is 5. The molecule has 1 fully saturated rings. The van der Waals surface area contributed by atoms with Crippen LogP contribution in [0.5, 0.6) is 5.75 Å². The van der Waals surface area contributed by atoms with E-state index in [4.69, 9.17) is 9.15 Å². The Morgan fingerprint density at radius 1 is 0.551 bits per heavy atom. The van der Waals surface area contributed by atoms with Crippen LogP contribution in [0.15, 0.2) is 198 Å². The van der Waals surface area contributed by atoms with E-state index in [-0.39, 0.29) is 0 Å². The number of fused-ring (bicyclic) bond motifs is 4. The first kappa shape index (κ1) is 42.8. The first-order valence-electron chi connectivity index (χ1n) is 25.2. The van der Waals surface area contributed by atoms with Gasteiger partial charge in [0.15, 0.2) is 5.58 Å².